The summed E-state index contributed by atoms with van der Waals surface area (Å²) < 4.78 is 0. The third-order valence-corrected chi connectivity index (χ3v) is 1.48. The maximum Gasteiger partial charge on any atom is 0.0615 e. The number of hydrogen-bond acceptors (Lipinski definition) is 1. The number of rotatable bonds is 5. The molecule has 0 fully saturated rings. The van der Waals surface area contributed by atoms with E-state index in [0.29, 0.717) is 0 Å². The molecule has 0 heterocycles. The number of hydrogen-bond donors (Lipinski definition) is 1. The van der Waals surface area contributed by atoms with Gasteiger partial charge in [-0.2, -0.15) is 0 Å². The van der Waals surface area contributed by atoms with Crippen LogP contribution < -0.4 is 0 Å². The lowest BCUT2D eigenvalue weighted by Gasteiger charge is -1.96. The lowest BCUT2D eigenvalue weighted by atomic mass is 10.1. The molecule has 0 aromatic heterocycles. The smallest absolute Gasteiger partial charge is 0.0615 e. The number of aliphatic hydroxyl groups is 1. The topological polar surface area (TPSA) is 20.2 Å². The van der Waals surface area contributed by atoms with Crippen LogP contribution >= 0.6 is 0 Å². The monoisotopic (exact) mass is 166 g/mol. The molecule has 0 aliphatic rings. The standard InChI is InChI=1S/C11H18O/c1-10(2)6-4-7-11(3)8-5-9-12/h5-6,8,12H,3-4,7,9H2,1-2H3/b8-5+. The lowest BCUT2D eigenvalue weighted by Crippen LogP contribution is -1.78. The molecule has 0 aliphatic carbocycles. The van der Waals surface area contributed by atoms with Crippen molar-refractivity contribution >= 4 is 0 Å². The van der Waals surface area contributed by atoms with E-state index in [1.165, 1.54) is 5.57 Å². The summed E-state index contributed by atoms with van der Waals surface area (Å²) in [5.74, 6) is 0. The Kier molecular flexibility index (Phi) is 6.39. The molecule has 0 aromatic rings. The fourth-order valence-electron chi connectivity index (χ4n) is 0.849. The van der Waals surface area contributed by atoms with Crippen LogP contribution in [0.2, 0.25) is 0 Å². The molecule has 1 N–H and O–H groups in total. The van der Waals surface area contributed by atoms with Crippen LogP contribution in [0.15, 0.2) is 36.0 Å². The first-order chi connectivity index (χ1) is 5.66. The van der Waals surface area contributed by atoms with Gasteiger partial charge in [0.2, 0.25) is 0 Å². The average molecular weight is 166 g/mol. The second kappa shape index (κ2) is 6.86. The molecular formula is C11H18O. The molecule has 0 amide bonds. The van der Waals surface area contributed by atoms with Crippen LogP contribution in [0.5, 0.6) is 0 Å². The molecule has 0 aromatic carbocycles. The van der Waals surface area contributed by atoms with E-state index < -0.39 is 0 Å². The molecule has 1 nitrogen and oxygen atoms in total. The summed E-state index contributed by atoms with van der Waals surface area (Å²) in [6, 6.07) is 0. The fraction of sp³-hybridized carbons (Fsp3) is 0.455. The zero-order chi connectivity index (χ0) is 9.40. The van der Waals surface area contributed by atoms with Gasteiger partial charge in [-0.05, 0) is 26.7 Å². The van der Waals surface area contributed by atoms with Gasteiger partial charge in [0, 0.05) is 0 Å². The average Bonchev–Trinajstić information content (AvgIpc) is 2.00. The summed E-state index contributed by atoms with van der Waals surface area (Å²) in [7, 11) is 0. The van der Waals surface area contributed by atoms with Crippen LogP contribution in [0.1, 0.15) is 26.7 Å². The predicted octanol–water partition coefficient (Wildman–Crippen LogP) is 2.84. The van der Waals surface area contributed by atoms with Crippen LogP contribution in [0.3, 0.4) is 0 Å². The van der Waals surface area contributed by atoms with Crippen molar-refractivity contribution in [3.8, 4) is 0 Å². The van der Waals surface area contributed by atoms with Crippen LogP contribution in [-0.2, 0) is 0 Å². The highest BCUT2D eigenvalue weighted by Crippen LogP contribution is 2.06. The molecule has 68 valence electrons. The molecule has 0 saturated heterocycles. The Morgan fingerprint density at radius 2 is 2.08 bits per heavy atom. The molecule has 0 unspecified atom stereocenters. The van der Waals surface area contributed by atoms with E-state index in [1.54, 1.807) is 6.08 Å². The van der Waals surface area contributed by atoms with Gasteiger partial charge in [0.15, 0.2) is 0 Å². The summed E-state index contributed by atoms with van der Waals surface area (Å²) in [4.78, 5) is 0. The zero-order valence-electron chi connectivity index (χ0n) is 8.01. The number of aliphatic hydroxyl groups excluding tert-OH is 1. The maximum absolute atomic E-state index is 8.49. The Balaban J connectivity index is 3.58. The van der Waals surface area contributed by atoms with E-state index in [4.69, 9.17) is 5.11 Å². The van der Waals surface area contributed by atoms with Crippen molar-refractivity contribution in [3.05, 3.63) is 36.0 Å². The van der Waals surface area contributed by atoms with Crippen molar-refractivity contribution in [1.82, 2.24) is 0 Å². The van der Waals surface area contributed by atoms with Gasteiger partial charge in [0.25, 0.3) is 0 Å². The molecule has 0 aliphatic heterocycles. The first-order valence-electron chi connectivity index (χ1n) is 4.25. The summed E-state index contributed by atoms with van der Waals surface area (Å²) in [6.45, 7) is 8.14. The molecular weight excluding hydrogens is 148 g/mol. The van der Waals surface area contributed by atoms with Gasteiger partial charge < -0.3 is 5.11 Å². The van der Waals surface area contributed by atoms with Crippen molar-refractivity contribution in [1.29, 1.82) is 0 Å². The van der Waals surface area contributed by atoms with Gasteiger partial charge in [0.05, 0.1) is 6.61 Å². The Hall–Kier alpha value is -0.820. The summed E-state index contributed by atoms with van der Waals surface area (Å²) in [6.07, 6.45) is 7.79. The van der Waals surface area contributed by atoms with Crippen molar-refractivity contribution in [3.63, 3.8) is 0 Å². The normalized spacial score (nSPS) is 10.2. The SMILES string of the molecule is C=C(/C=C/CO)CCC=C(C)C. The van der Waals surface area contributed by atoms with Gasteiger partial charge in [-0.3, -0.25) is 0 Å². The van der Waals surface area contributed by atoms with Crippen molar-refractivity contribution < 1.29 is 5.11 Å². The van der Waals surface area contributed by atoms with Gasteiger partial charge in [0.1, 0.15) is 0 Å². The molecule has 0 spiro atoms. The molecule has 1 heteroatoms. The Morgan fingerprint density at radius 1 is 1.42 bits per heavy atom. The quantitative estimate of drug-likeness (QED) is 0.492. The van der Waals surface area contributed by atoms with Crippen molar-refractivity contribution in [2.24, 2.45) is 0 Å². The van der Waals surface area contributed by atoms with E-state index >= 15 is 0 Å². The van der Waals surface area contributed by atoms with E-state index in [0.717, 1.165) is 18.4 Å². The first-order valence-corrected chi connectivity index (χ1v) is 4.25. The van der Waals surface area contributed by atoms with E-state index in [-0.39, 0.29) is 6.61 Å². The molecule has 0 saturated carbocycles. The largest absolute Gasteiger partial charge is 0.392 e. The Labute approximate surface area is 75.1 Å². The minimum absolute atomic E-state index is 0.0989. The summed E-state index contributed by atoms with van der Waals surface area (Å²) >= 11 is 0. The highest BCUT2D eigenvalue weighted by Gasteiger charge is 1.86. The minimum Gasteiger partial charge on any atom is -0.392 e. The fourth-order valence-corrected chi connectivity index (χ4v) is 0.849. The minimum atomic E-state index is 0.0989. The molecule has 0 radical (unpaired) electrons. The van der Waals surface area contributed by atoms with Gasteiger partial charge >= 0.3 is 0 Å². The number of allylic oxidation sites excluding steroid dienone is 4. The van der Waals surface area contributed by atoms with Gasteiger partial charge in [-0.25, -0.2) is 0 Å². The maximum atomic E-state index is 8.49. The third-order valence-electron chi connectivity index (χ3n) is 1.48. The highest BCUT2D eigenvalue weighted by atomic mass is 16.2. The van der Waals surface area contributed by atoms with Crippen molar-refractivity contribution in [2.75, 3.05) is 6.61 Å². The molecule has 12 heavy (non-hydrogen) atoms. The second-order valence-corrected chi connectivity index (χ2v) is 3.06. The third kappa shape index (κ3) is 7.29. The highest BCUT2D eigenvalue weighted by molar-refractivity contribution is 5.15. The Bertz CT molecular complexity index is 183. The molecule has 0 atom stereocenters. The van der Waals surface area contributed by atoms with E-state index in [2.05, 4.69) is 26.5 Å². The lowest BCUT2D eigenvalue weighted by molar-refractivity contribution is 0.342. The first kappa shape index (κ1) is 11.2. The van der Waals surface area contributed by atoms with Crippen LogP contribution in [-0.4, -0.2) is 11.7 Å². The van der Waals surface area contributed by atoms with Crippen LogP contribution in [0, 0.1) is 0 Å². The van der Waals surface area contributed by atoms with Gasteiger partial charge in [-0.1, -0.05) is 36.0 Å². The van der Waals surface area contributed by atoms with E-state index in [1.807, 2.05) is 6.08 Å². The summed E-state index contributed by atoms with van der Waals surface area (Å²) in [5, 5.41) is 8.49. The van der Waals surface area contributed by atoms with Crippen LogP contribution in [0.25, 0.3) is 0 Å². The predicted molar refractivity (Wildman–Crippen MR) is 54.0 cm³/mol. The molecule has 0 bridgehead atoms. The molecule has 0 rings (SSSR count). The second-order valence-electron chi connectivity index (χ2n) is 3.06. The Morgan fingerprint density at radius 3 is 2.58 bits per heavy atom. The van der Waals surface area contributed by atoms with Gasteiger partial charge in [-0.15, -0.1) is 0 Å². The van der Waals surface area contributed by atoms with Crippen molar-refractivity contribution in [2.45, 2.75) is 26.7 Å². The van der Waals surface area contributed by atoms with E-state index in [9.17, 15) is 0 Å². The zero-order valence-corrected chi connectivity index (χ0v) is 8.01. The summed E-state index contributed by atoms with van der Waals surface area (Å²) in [5.41, 5.74) is 2.41. The van der Waals surface area contributed by atoms with Crippen LogP contribution in [0.4, 0.5) is 0 Å².